The van der Waals surface area contributed by atoms with E-state index in [1.54, 1.807) is 0 Å². The predicted octanol–water partition coefficient (Wildman–Crippen LogP) is 4.88. The normalized spacial score (nSPS) is 12.0. The molecule has 0 aliphatic carbocycles. The predicted molar refractivity (Wildman–Crippen MR) is 77.7 cm³/mol. The van der Waals surface area contributed by atoms with E-state index in [1.807, 2.05) is 14.2 Å². The molecule has 0 aliphatic rings. The molecule has 0 N–H and O–H groups in total. The molecule has 0 saturated carbocycles. The van der Waals surface area contributed by atoms with Gasteiger partial charge in [-0.3, -0.25) is 0 Å². The van der Waals surface area contributed by atoms with E-state index in [4.69, 9.17) is 8.85 Å². The molecule has 3 heteroatoms. The van der Waals surface area contributed by atoms with E-state index in [0.29, 0.717) is 0 Å². The fourth-order valence-corrected chi connectivity index (χ4v) is 5.07. The summed E-state index contributed by atoms with van der Waals surface area (Å²) in [5.74, 6) is 0. The highest BCUT2D eigenvalue weighted by molar-refractivity contribution is 6.67. The van der Waals surface area contributed by atoms with Gasteiger partial charge in [-0.25, -0.2) is 0 Å². The highest BCUT2D eigenvalue weighted by atomic mass is 28.4. The molecule has 0 aliphatic heterocycles. The van der Waals surface area contributed by atoms with E-state index < -0.39 is 8.56 Å². The van der Waals surface area contributed by atoms with Gasteiger partial charge in [0, 0.05) is 14.2 Å². The fraction of sp³-hybridized carbons (Fsp3) is 1.00. The first kappa shape index (κ1) is 17.1. The number of hydrogen-bond acceptors (Lipinski definition) is 2. The lowest BCUT2D eigenvalue weighted by atomic mass is 10.2. The van der Waals surface area contributed by atoms with Crippen molar-refractivity contribution in [3.8, 4) is 0 Å². The van der Waals surface area contributed by atoms with Crippen LogP contribution in [0, 0.1) is 0 Å². The van der Waals surface area contributed by atoms with E-state index in [-0.39, 0.29) is 0 Å². The Morgan fingerprint density at radius 2 is 1.06 bits per heavy atom. The molecule has 0 rings (SSSR count). The Bertz CT molecular complexity index is 158. The van der Waals surface area contributed by atoms with Crippen LogP contribution in [0.5, 0.6) is 0 Å². The maximum Gasteiger partial charge on any atom is 0.337 e. The van der Waals surface area contributed by atoms with Crippen molar-refractivity contribution < 1.29 is 8.85 Å². The molecule has 0 amide bonds. The first-order valence-electron chi connectivity index (χ1n) is 7.35. The molecule has 2 nitrogen and oxygen atoms in total. The Kier molecular flexibility index (Phi) is 11.3. The fourth-order valence-electron chi connectivity index (χ4n) is 2.26. The summed E-state index contributed by atoms with van der Waals surface area (Å²) in [6.07, 6.45) is 10.5. The van der Waals surface area contributed by atoms with Gasteiger partial charge >= 0.3 is 8.56 Å². The summed E-state index contributed by atoms with van der Waals surface area (Å²) in [5.41, 5.74) is 0. The largest absolute Gasteiger partial charge is 0.398 e. The van der Waals surface area contributed by atoms with Crippen molar-refractivity contribution in [3.05, 3.63) is 0 Å². The van der Waals surface area contributed by atoms with Crippen LogP contribution in [0.25, 0.3) is 0 Å². The van der Waals surface area contributed by atoms with Crippen LogP contribution in [0.1, 0.15) is 65.2 Å². The Hall–Kier alpha value is 0.137. The molecule has 0 aromatic rings. The third-order valence-corrected chi connectivity index (χ3v) is 7.29. The maximum absolute atomic E-state index is 5.76. The zero-order valence-corrected chi connectivity index (χ0v) is 13.4. The van der Waals surface area contributed by atoms with Crippen molar-refractivity contribution in [2.75, 3.05) is 14.2 Å². The Balaban J connectivity index is 3.85. The van der Waals surface area contributed by atoms with Gasteiger partial charge in [-0.1, -0.05) is 65.2 Å². The lowest BCUT2D eigenvalue weighted by Gasteiger charge is -2.27. The second-order valence-corrected chi connectivity index (χ2v) is 8.58. The summed E-state index contributed by atoms with van der Waals surface area (Å²) in [6.45, 7) is 4.50. The summed E-state index contributed by atoms with van der Waals surface area (Å²) in [7, 11) is 1.84. The first-order chi connectivity index (χ1) is 8.24. The standard InChI is InChI=1S/C14H32O2Si/c1-5-7-9-10-12-14-17(15-3,16-4)13-11-8-6-2/h5-14H2,1-4H3. The number of rotatable bonds is 12. The van der Waals surface area contributed by atoms with Crippen LogP contribution in [-0.4, -0.2) is 22.8 Å². The summed E-state index contributed by atoms with van der Waals surface area (Å²) in [6, 6.07) is 2.34. The van der Waals surface area contributed by atoms with Gasteiger partial charge in [0.2, 0.25) is 0 Å². The van der Waals surface area contributed by atoms with Crippen LogP contribution in [0.2, 0.25) is 12.1 Å². The lowest BCUT2D eigenvalue weighted by molar-refractivity contribution is 0.238. The molecule has 0 fully saturated rings. The third-order valence-electron chi connectivity index (χ3n) is 3.57. The molecule has 0 unspecified atom stereocenters. The van der Waals surface area contributed by atoms with E-state index >= 15 is 0 Å². The number of hydrogen-bond donors (Lipinski definition) is 0. The molecule has 0 radical (unpaired) electrons. The average molecular weight is 260 g/mol. The molecule has 17 heavy (non-hydrogen) atoms. The van der Waals surface area contributed by atoms with E-state index in [0.717, 1.165) is 0 Å². The minimum absolute atomic E-state index is 1.17. The molecular formula is C14H32O2Si. The minimum atomic E-state index is -1.84. The molecule has 0 spiro atoms. The van der Waals surface area contributed by atoms with E-state index in [1.165, 1.54) is 63.5 Å². The highest BCUT2D eigenvalue weighted by Crippen LogP contribution is 2.24. The van der Waals surface area contributed by atoms with Crippen molar-refractivity contribution in [2.45, 2.75) is 77.3 Å². The van der Waals surface area contributed by atoms with Gasteiger partial charge < -0.3 is 8.85 Å². The molecule has 0 atom stereocenters. The monoisotopic (exact) mass is 260 g/mol. The molecular weight excluding hydrogens is 228 g/mol. The van der Waals surface area contributed by atoms with E-state index in [9.17, 15) is 0 Å². The highest BCUT2D eigenvalue weighted by Gasteiger charge is 2.33. The number of unbranched alkanes of at least 4 members (excludes halogenated alkanes) is 6. The molecule has 0 aromatic carbocycles. The summed E-state index contributed by atoms with van der Waals surface area (Å²) < 4.78 is 11.5. The van der Waals surface area contributed by atoms with Gasteiger partial charge in [0.25, 0.3) is 0 Å². The lowest BCUT2D eigenvalue weighted by Crippen LogP contribution is -2.39. The van der Waals surface area contributed by atoms with Crippen molar-refractivity contribution in [2.24, 2.45) is 0 Å². The van der Waals surface area contributed by atoms with Gasteiger partial charge in [0.15, 0.2) is 0 Å². The van der Waals surface area contributed by atoms with Gasteiger partial charge in [0.05, 0.1) is 0 Å². The smallest absolute Gasteiger partial charge is 0.337 e. The Labute approximate surface area is 109 Å². The van der Waals surface area contributed by atoms with Gasteiger partial charge in [-0.2, -0.15) is 0 Å². The van der Waals surface area contributed by atoms with Crippen LogP contribution in [-0.2, 0) is 8.85 Å². The molecule has 104 valence electrons. The van der Waals surface area contributed by atoms with Crippen LogP contribution in [0.3, 0.4) is 0 Å². The SMILES string of the molecule is CCCCCCC[Si](CCCCC)(OC)OC. The second kappa shape index (κ2) is 11.2. The van der Waals surface area contributed by atoms with Crippen LogP contribution in [0.4, 0.5) is 0 Å². The second-order valence-electron chi connectivity index (χ2n) is 4.94. The van der Waals surface area contributed by atoms with E-state index in [2.05, 4.69) is 13.8 Å². The summed E-state index contributed by atoms with van der Waals surface area (Å²) >= 11 is 0. The van der Waals surface area contributed by atoms with Crippen LogP contribution < -0.4 is 0 Å². The van der Waals surface area contributed by atoms with Crippen molar-refractivity contribution >= 4 is 8.56 Å². The summed E-state index contributed by atoms with van der Waals surface area (Å²) in [4.78, 5) is 0. The van der Waals surface area contributed by atoms with Crippen molar-refractivity contribution in [1.82, 2.24) is 0 Å². The van der Waals surface area contributed by atoms with Crippen molar-refractivity contribution in [1.29, 1.82) is 0 Å². The van der Waals surface area contributed by atoms with Crippen LogP contribution >= 0.6 is 0 Å². The molecule has 0 aromatic heterocycles. The van der Waals surface area contributed by atoms with Gasteiger partial charge in [0.1, 0.15) is 0 Å². The van der Waals surface area contributed by atoms with Gasteiger partial charge in [-0.05, 0) is 12.1 Å². The Morgan fingerprint density at radius 3 is 1.53 bits per heavy atom. The quantitative estimate of drug-likeness (QED) is 0.368. The van der Waals surface area contributed by atoms with Gasteiger partial charge in [-0.15, -0.1) is 0 Å². The molecule has 0 bridgehead atoms. The molecule has 0 saturated heterocycles. The topological polar surface area (TPSA) is 18.5 Å². The minimum Gasteiger partial charge on any atom is -0.398 e. The maximum atomic E-state index is 5.76. The average Bonchev–Trinajstić information content (AvgIpc) is 2.37. The molecule has 0 heterocycles. The first-order valence-corrected chi connectivity index (χ1v) is 9.58. The van der Waals surface area contributed by atoms with Crippen molar-refractivity contribution in [3.63, 3.8) is 0 Å². The zero-order valence-electron chi connectivity index (χ0n) is 12.4. The third kappa shape index (κ3) is 7.95. The summed E-state index contributed by atoms with van der Waals surface area (Å²) in [5, 5.41) is 0. The van der Waals surface area contributed by atoms with Crippen LogP contribution in [0.15, 0.2) is 0 Å². The Morgan fingerprint density at radius 1 is 0.647 bits per heavy atom. The zero-order chi connectivity index (χ0) is 13.0.